The van der Waals surface area contributed by atoms with Gasteiger partial charge in [0.2, 0.25) is 5.65 Å². The Morgan fingerprint density at radius 3 is 2.56 bits per heavy atom. The van der Waals surface area contributed by atoms with Gasteiger partial charge in [-0.2, -0.15) is 0 Å². The molecule has 2 heterocycles. The van der Waals surface area contributed by atoms with Gasteiger partial charge in [-0.25, -0.2) is 9.37 Å². The Hall–Kier alpha value is -2.92. The summed E-state index contributed by atoms with van der Waals surface area (Å²) in [6.07, 6.45) is 5.15. The fourth-order valence-electron chi connectivity index (χ4n) is 2.68. The van der Waals surface area contributed by atoms with Gasteiger partial charge in [-0.3, -0.25) is 9.36 Å². The molecule has 4 aromatic rings. The van der Waals surface area contributed by atoms with E-state index in [1.807, 2.05) is 37.4 Å². The summed E-state index contributed by atoms with van der Waals surface area (Å²) in [6, 6.07) is 12.1. The topological polar surface area (TPSA) is 39.3 Å². The molecule has 4 nitrogen and oxygen atoms in total. The Kier molecular flexibility index (Phi) is 3.66. The molecule has 0 unspecified atom stereocenters. The normalized spacial score (nSPS) is 11.2. The summed E-state index contributed by atoms with van der Waals surface area (Å²) in [4.78, 5) is 17.2. The van der Waals surface area contributed by atoms with E-state index in [0.29, 0.717) is 17.0 Å². The Morgan fingerprint density at radius 2 is 1.84 bits per heavy atom. The highest BCUT2D eigenvalue weighted by Gasteiger charge is 2.11. The molecule has 0 aliphatic carbocycles. The van der Waals surface area contributed by atoms with Gasteiger partial charge in [-0.15, -0.1) is 0 Å². The van der Waals surface area contributed by atoms with Gasteiger partial charge < -0.3 is 4.40 Å². The van der Waals surface area contributed by atoms with Crippen molar-refractivity contribution in [2.75, 3.05) is 0 Å². The maximum Gasteiger partial charge on any atom is 0.298 e. The molecule has 0 bridgehead atoms. The van der Waals surface area contributed by atoms with Gasteiger partial charge in [0.15, 0.2) is 0 Å². The summed E-state index contributed by atoms with van der Waals surface area (Å²) in [6.45, 7) is 2.01. The number of halogens is 2. The van der Waals surface area contributed by atoms with Gasteiger partial charge in [0, 0.05) is 24.2 Å². The largest absolute Gasteiger partial charge is 0.300 e. The molecule has 124 valence electrons. The molecule has 0 amide bonds. The lowest BCUT2D eigenvalue weighted by molar-refractivity contribution is 0.627. The van der Waals surface area contributed by atoms with Crippen molar-refractivity contribution < 1.29 is 4.39 Å². The minimum atomic E-state index is -0.526. The highest BCUT2D eigenvalue weighted by molar-refractivity contribution is 6.30. The molecule has 0 aliphatic rings. The summed E-state index contributed by atoms with van der Waals surface area (Å²) in [7, 11) is 0. The van der Waals surface area contributed by atoms with Crippen LogP contribution in [-0.2, 0) is 0 Å². The Bertz CT molecular complexity index is 1150. The van der Waals surface area contributed by atoms with Crippen molar-refractivity contribution in [2.24, 2.45) is 0 Å². The molecule has 0 aliphatic heterocycles. The van der Waals surface area contributed by atoms with Crippen LogP contribution in [0.4, 0.5) is 4.39 Å². The number of aromatic nitrogens is 3. The maximum absolute atomic E-state index is 13.4. The third-order valence-electron chi connectivity index (χ3n) is 4.05. The molecule has 0 atom stereocenters. The van der Waals surface area contributed by atoms with Gasteiger partial charge in [-0.05, 0) is 25.1 Å². The van der Waals surface area contributed by atoms with E-state index in [-0.39, 0.29) is 10.6 Å². The Morgan fingerprint density at radius 1 is 1.08 bits per heavy atom. The van der Waals surface area contributed by atoms with E-state index < -0.39 is 5.82 Å². The van der Waals surface area contributed by atoms with Crippen LogP contribution in [0.1, 0.15) is 5.56 Å². The molecule has 2 aromatic carbocycles. The number of aryl methyl sites for hydroxylation is 1. The van der Waals surface area contributed by atoms with E-state index in [0.717, 1.165) is 11.1 Å². The number of benzene rings is 2. The summed E-state index contributed by atoms with van der Waals surface area (Å²) in [5.41, 5.74) is 3.28. The third-order valence-corrected chi connectivity index (χ3v) is 4.34. The van der Waals surface area contributed by atoms with E-state index >= 15 is 0 Å². The lowest BCUT2D eigenvalue weighted by Gasteiger charge is -2.06. The van der Waals surface area contributed by atoms with Crippen LogP contribution in [0.25, 0.3) is 22.6 Å². The van der Waals surface area contributed by atoms with Crippen molar-refractivity contribution in [1.29, 1.82) is 0 Å². The maximum atomic E-state index is 13.4. The van der Waals surface area contributed by atoms with Crippen LogP contribution in [0, 0.1) is 12.7 Å². The van der Waals surface area contributed by atoms with Gasteiger partial charge >= 0.3 is 0 Å². The number of nitrogens with zero attached hydrogens (tertiary/aromatic N) is 3. The van der Waals surface area contributed by atoms with Crippen LogP contribution in [0.5, 0.6) is 0 Å². The first-order valence-electron chi connectivity index (χ1n) is 7.66. The van der Waals surface area contributed by atoms with Crippen LogP contribution in [0.15, 0.2) is 65.8 Å². The fourth-order valence-corrected chi connectivity index (χ4v) is 2.86. The van der Waals surface area contributed by atoms with Crippen molar-refractivity contribution in [3.8, 4) is 16.9 Å². The van der Waals surface area contributed by atoms with Crippen LogP contribution >= 0.6 is 11.6 Å². The van der Waals surface area contributed by atoms with Crippen LogP contribution < -0.4 is 5.56 Å². The fraction of sp³-hybridized carbons (Fsp3) is 0.0526. The minimum Gasteiger partial charge on any atom is -0.300 e. The molecule has 0 spiro atoms. The van der Waals surface area contributed by atoms with E-state index in [9.17, 15) is 9.18 Å². The molecule has 4 rings (SSSR count). The standard InChI is InChI=1S/C19H13ClFN3O/c1-12-2-4-13(5-3-12)17-11-23-8-9-24(19(25)18(23)22-17)14-6-7-16(21)15(20)10-14/h2-11H,1H3. The lowest BCUT2D eigenvalue weighted by atomic mass is 10.1. The zero-order valence-corrected chi connectivity index (χ0v) is 14.0. The molecule has 2 aromatic heterocycles. The van der Waals surface area contributed by atoms with E-state index in [1.54, 1.807) is 16.8 Å². The van der Waals surface area contributed by atoms with Crippen molar-refractivity contribution in [2.45, 2.75) is 6.92 Å². The van der Waals surface area contributed by atoms with Gasteiger partial charge in [0.25, 0.3) is 5.56 Å². The second kappa shape index (κ2) is 5.86. The zero-order chi connectivity index (χ0) is 17.6. The molecule has 0 saturated heterocycles. The summed E-state index contributed by atoms with van der Waals surface area (Å²) in [5.74, 6) is -0.526. The van der Waals surface area contributed by atoms with Crippen molar-refractivity contribution in [1.82, 2.24) is 14.0 Å². The quantitative estimate of drug-likeness (QED) is 0.540. The minimum absolute atomic E-state index is 0.0343. The smallest absolute Gasteiger partial charge is 0.298 e. The first kappa shape index (κ1) is 15.6. The predicted molar refractivity (Wildman–Crippen MR) is 95.9 cm³/mol. The highest BCUT2D eigenvalue weighted by atomic mass is 35.5. The monoisotopic (exact) mass is 353 g/mol. The molecule has 0 N–H and O–H groups in total. The van der Waals surface area contributed by atoms with Gasteiger partial charge in [-0.1, -0.05) is 41.4 Å². The van der Waals surface area contributed by atoms with Crippen molar-refractivity contribution >= 4 is 17.2 Å². The van der Waals surface area contributed by atoms with E-state index in [4.69, 9.17) is 11.6 Å². The van der Waals surface area contributed by atoms with Crippen LogP contribution in [-0.4, -0.2) is 14.0 Å². The first-order valence-corrected chi connectivity index (χ1v) is 8.03. The number of imidazole rings is 1. The molecule has 6 heteroatoms. The third kappa shape index (κ3) is 2.72. The number of fused-ring (bicyclic) bond motifs is 1. The van der Waals surface area contributed by atoms with Gasteiger partial charge in [0.05, 0.1) is 16.4 Å². The summed E-state index contributed by atoms with van der Waals surface area (Å²) < 4.78 is 16.4. The molecular weight excluding hydrogens is 341 g/mol. The summed E-state index contributed by atoms with van der Waals surface area (Å²) >= 11 is 5.82. The average molecular weight is 354 g/mol. The second-order valence-electron chi connectivity index (χ2n) is 5.79. The van der Waals surface area contributed by atoms with E-state index in [1.165, 1.54) is 22.8 Å². The number of hydrogen-bond acceptors (Lipinski definition) is 2. The van der Waals surface area contributed by atoms with Crippen LogP contribution in [0.3, 0.4) is 0 Å². The molecule has 0 radical (unpaired) electrons. The lowest BCUT2D eigenvalue weighted by Crippen LogP contribution is -2.20. The zero-order valence-electron chi connectivity index (χ0n) is 13.3. The SMILES string of the molecule is Cc1ccc(-c2cn3ccn(-c4ccc(F)c(Cl)c4)c(=O)c3n2)cc1. The van der Waals surface area contributed by atoms with Crippen molar-refractivity contribution in [3.05, 3.63) is 87.8 Å². The molecule has 0 fully saturated rings. The van der Waals surface area contributed by atoms with Crippen LogP contribution in [0.2, 0.25) is 5.02 Å². The average Bonchev–Trinajstić information content (AvgIpc) is 3.04. The van der Waals surface area contributed by atoms with Crippen molar-refractivity contribution in [3.63, 3.8) is 0 Å². The number of rotatable bonds is 2. The van der Waals surface area contributed by atoms with Gasteiger partial charge in [0.1, 0.15) is 5.82 Å². The molecule has 0 saturated carbocycles. The summed E-state index contributed by atoms with van der Waals surface area (Å²) in [5, 5.41) is -0.0343. The predicted octanol–water partition coefficient (Wildman–Crippen LogP) is 4.25. The Balaban J connectivity index is 1.86. The second-order valence-corrected chi connectivity index (χ2v) is 6.20. The Labute approximate surface area is 147 Å². The number of hydrogen-bond donors (Lipinski definition) is 0. The molecular formula is C19H13ClFN3O. The molecule has 25 heavy (non-hydrogen) atoms. The highest BCUT2D eigenvalue weighted by Crippen LogP contribution is 2.20. The first-order chi connectivity index (χ1) is 12.0. The van der Waals surface area contributed by atoms with E-state index in [2.05, 4.69) is 4.98 Å².